The average Bonchev–Trinajstić information content (AvgIpc) is 2.26. The third kappa shape index (κ3) is 13.2. The van der Waals surface area contributed by atoms with Gasteiger partial charge in [0.25, 0.3) is 0 Å². The lowest BCUT2D eigenvalue weighted by Crippen LogP contribution is -1.75. The molecular weight excluding hydrogens is 180 g/mol. The van der Waals surface area contributed by atoms with E-state index in [1.165, 1.54) is 38.5 Å². The van der Waals surface area contributed by atoms with Crippen LogP contribution < -0.4 is 0 Å². The standard InChI is InChI=1S/C15H25/c1-3-5-7-9-11-13-15-14-12-10-8-6-4-2/h5,7,9,11,13,15H,1,3-4,6,8,10,12,14H2,2H3. The Morgan fingerprint density at radius 1 is 0.800 bits per heavy atom. The Labute approximate surface area is 95.8 Å². The highest BCUT2D eigenvalue weighted by Gasteiger charge is 1.85. The van der Waals surface area contributed by atoms with Crippen molar-refractivity contribution in [3.8, 4) is 0 Å². The molecule has 0 saturated heterocycles. The van der Waals surface area contributed by atoms with E-state index in [1.807, 2.05) is 6.08 Å². The largest absolute Gasteiger partial charge is 0.0845 e. The van der Waals surface area contributed by atoms with Crippen LogP contribution in [0.1, 0.15) is 51.9 Å². The second-order valence-corrected chi connectivity index (χ2v) is 3.73. The predicted octanol–water partition coefficient (Wildman–Crippen LogP) is 5.24. The first kappa shape index (κ1) is 14.2. The first-order valence-corrected chi connectivity index (χ1v) is 6.19. The molecule has 0 fully saturated rings. The lowest BCUT2D eigenvalue weighted by Gasteiger charge is -1.95. The predicted molar refractivity (Wildman–Crippen MR) is 70.8 cm³/mol. The smallest absolute Gasteiger partial charge is 0.0347 e. The van der Waals surface area contributed by atoms with Gasteiger partial charge in [-0.25, -0.2) is 0 Å². The van der Waals surface area contributed by atoms with Gasteiger partial charge in [0.15, 0.2) is 0 Å². The summed E-state index contributed by atoms with van der Waals surface area (Å²) in [5.74, 6) is 0. The van der Waals surface area contributed by atoms with Gasteiger partial charge in [0.2, 0.25) is 0 Å². The van der Waals surface area contributed by atoms with E-state index in [0.29, 0.717) is 0 Å². The van der Waals surface area contributed by atoms with Crippen molar-refractivity contribution in [2.24, 2.45) is 0 Å². The van der Waals surface area contributed by atoms with Gasteiger partial charge in [-0.1, -0.05) is 69.1 Å². The molecule has 0 aromatic heterocycles. The Hall–Kier alpha value is -0.780. The van der Waals surface area contributed by atoms with Gasteiger partial charge in [0.05, 0.1) is 0 Å². The van der Waals surface area contributed by atoms with Crippen LogP contribution >= 0.6 is 0 Å². The van der Waals surface area contributed by atoms with Crippen LogP contribution in [0.3, 0.4) is 0 Å². The van der Waals surface area contributed by atoms with Gasteiger partial charge in [0.1, 0.15) is 0 Å². The molecule has 0 rings (SSSR count). The minimum atomic E-state index is 0.867. The SMILES string of the molecule is [CH2]CC=CC=CC=CCCCCCCC. The van der Waals surface area contributed by atoms with Crippen LogP contribution in [-0.2, 0) is 0 Å². The van der Waals surface area contributed by atoms with Gasteiger partial charge in [-0.05, 0) is 26.2 Å². The van der Waals surface area contributed by atoms with Crippen LogP contribution in [0.2, 0.25) is 0 Å². The molecule has 15 heavy (non-hydrogen) atoms. The highest BCUT2D eigenvalue weighted by molar-refractivity contribution is 5.11. The fraction of sp³-hybridized carbons (Fsp3) is 0.533. The van der Waals surface area contributed by atoms with E-state index < -0.39 is 0 Å². The fourth-order valence-corrected chi connectivity index (χ4v) is 1.34. The highest BCUT2D eigenvalue weighted by Crippen LogP contribution is 2.05. The first-order chi connectivity index (χ1) is 7.41. The normalized spacial score (nSPS) is 12.4. The molecule has 0 atom stereocenters. The van der Waals surface area contributed by atoms with E-state index in [4.69, 9.17) is 0 Å². The van der Waals surface area contributed by atoms with Crippen molar-refractivity contribution in [1.29, 1.82) is 0 Å². The summed E-state index contributed by atoms with van der Waals surface area (Å²) in [7, 11) is 0. The molecule has 0 N–H and O–H groups in total. The Morgan fingerprint density at radius 3 is 2.13 bits per heavy atom. The Balaban J connectivity index is 3.23. The molecular formula is C15H25. The Bertz CT molecular complexity index is 184. The van der Waals surface area contributed by atoms with Crippen molar-refractivity contribution in [2.45, 2.75) is 51.9 Å². The zero-order valence-corrected chi connectivity index (χ0v) is 10.1. The van der Waals surface area contributed by atoms with Gasteiger partial charge < -0.3 is 0 Å². The van der Waals surface area contributed by atoms with Gasteiger partial charge in [-0.3, -0.25) is 0 Å². The number of hydrogen-bond donors (Lipinski definition) is 0. The molecule has 0 aromatic rings. The minimum Gasteiger partial charge on any atom is -0.0845 e. The van der Waals surface area contributed by atoms with Crippen LogP contribution in [0.4, 0.5) is 0 Å². The maximum Gasteiger partial charge on any atom is -0.0347 e. The zero-order valence-electron chi connectivity index (χ0n) is 10.1. The number of allylic oxidation sites excluding steroid dienone is 6. The summed E-state index contributed by atoms with van der Waals surface area (Å²) in [5.41, 5.74) is 0. The highest BCUT2D eigenvalue weighted by atomic mass is 13.9. The second kappa shape index (κ2) is 13.2. The van der Waals surface area contributed by atoms with E-state index in [-0.39, 0.29) is 0 Å². The second-order valence-electron chi connectivity index (χ2n) is 3.73. The topological polar surface area (TPSA) is 0 Å². The molecule has 0 aromatic carbocycles. The van der Waals surface area contributed by atoms with Gasteiger partial charge in [-0.2, -0.15) is 0 Å². The molecule has 0 nitrogen and oxygen atoms in total. The summed E-state index contributed by atoms with van der Waals surface area (Å²) in [5, 5.41) is 0. The van der Waals surface area contributed by atoms with Crippen molar-refractivity contribution in [2.75, 3.05) is 0 Å². The van der Waals surface area contributed by atoms with Crippen LogP contribution in [0, 0.1) is 6.92 Å². The van der Waals surface area contributed by atoms with Crippen molar-refractivity contribution in [3.05, 3.63) is 43.4 Å². The number of unbranched alkanes of at least 4 members (excludes halogenated alkanes) is 5. The Morgan fingerprint density at radius 2 is 1.47 bits per heavy atom. The molecule has 0 aliphatic carbocycles. The molecule has 0 saturated carbocycles. The van der Waals surface area contributed by atoms with Gasteiger partial charge in [-0.15, -0.1) is 0 Å². The number of hydrogen-bond acceptors (Lipinski definition) is 0. The fourth-order valence-electron chi connectivity index (χ4n) is 1.34. The summed E-state index contributed by atoms with van der Waals surface area (Å²) in [4.78, 5) is 0. The molecule has 0 heterocycles. The molecule has 1 radical (unpaired) electrons. The molecule has 0 aliphatic rings. The van der Waals surface area contributed by atoms with Crippen molar-refractivity contribution in [3.63, 3.8) is 0 Å². The average molecular weight is 205 g/mol. The van der Waals surface area contributed by atoms with Gasteiger partial charge in [0, 0.05) is 0 Å². The summed E-state index contributed by atoms with van der Waals surface area (Å²) >= 11 is 0. The van der Waals surface area contributed by atoms with E-state index in [0.717, 1.165) is 6.42 Å². The van der Waals surface area contributed by atoms with E-state index in [2.05, 4.69) is 44.2 Å². The number of rotatable bonds is 9. The van der Waals surface area contributed by atoms with Crippen molar-refractivity contribution < 1.29 is 0 Å². The summed E-state index contributed by atoms with van der Waals surface area (Å²) in [6.45, 7) is 5.98. The van der Waals surface area contributed by atoms with E-state index >= 15 is 0 Å². The lowest BCUT2D eigenvalue weighted by molar-refractivity contribution is 0.637. The summed E-state index contributed by atoms with van der Waals surface area (Å²) in [6.07, 6.45) is 21.5. The maximum atomic E-state index is 3.73. The van der Waals surface area contributed by atoms with Crippen molar-refractivity contribution >= 4 is 0 Å². The lowest BCUT2D eigenvalue weighted by atomic mass is 10.1. The third-order valence-corrected chi connectivity index (χ3v) is 2.25. The van der Waals surface area contributed by atoms with Crippen LogP contribution in [-0.4, -0.2) is 0 Å². The third-order valence-electron chi connectivity index (χ3n) is 2.25. The van der Waals surface area contributed by atoms with Crippen LogP contribution in [0.5, 0.6) is 0 Å². The van der Waals surface area contributed by atoms with Gasteiger partial charge >= 0.3 is 0 Å². The molecule has 85 valence electrons. The monoisotopic (exact) mass is 205 g/mol. The van der Waals surface area contributed by atoms with E-state index in [9.17, 15) is 0 Å². The maximum absolute atomic E-state index is 3.73. The molecule has 0 unspecified atom stereocenters. The molecule has 0 bridgehead atoms. The molecule has 0 aliphatic heterocycles. The zero-order chi connectivity index (χ0) is 11.2. The molecule has 0 spiro atoms. The summed E-state index contributed by atoms with van der Waals surface area (Å²) in [6, 6.07) is 0. The first-order valence-electron chi connectivity index (χ1n) is 6.19. The summed E-state index contributed by atoms with van der Waals surface area (Å²) < 4.78 is 0. The van der Waals surface area contributed by atoms with Crippen molar-refractivity contribution in [1.82, 2.24) is 0 Å². The Kier molecular flexibility index (Phi) is 12.5. The van der Waals surface area contributed by atoms with Crippen LogP contribution in [0.15, 0.2) is 36.5 Å². The molecule has 0 amide bonds. The minimum absolute atomic E-state index is 0.867. The quantitative estimate of drug-likeness (QED) is 0.357. The van der Waals surface area contributed by atoms with Crippen LogP contribution in [0.25, 0.3) is 0 Å². The van der Waals surface area contributed by atoms with E-state index in [1.54, 1.807) is 0 Å². The molecule has 0 heteroatoms.